The van der Waals surface area contributed by atoms with Crippen molar-refractivity contribution in [1.82, 2.24) is 10.6 Å². The van der Waals surface area contributed by atoms with E-state index >= 15 is 0 Å². The minimum atomic E-state index is -0.847. The molecule has 0 radical (unpaired) electrons. The van der Waals surface area contributed by atoms with Gasteiger partial charge in [0.2, 0.25) is 0 Å². The van der Waals surface area contributed by atoms with E-state index in [9.17, 15) is 9.59 Å². The zero-order chi connectivity index (χ0) is 13.8. The predicted molar refractivity (Wildman–Crippen MR) is 75.4 cm³/mol. The molecule has 2 saturated carbocycles. The zero-order valence-electron chi connectivity index (χ0n) is 11.2. The predicted octanol–water partition coefficient (Wildman–Crippen LogP) is 1.82. The van der Waals surface area contributed by atoms with E-state index in [1.54, 1.807) is 0 Å². The summed E-state index contributed by atoms with van der Waals surface area (Å²) >= 11 is 1.85. The Morgan fingerprint density at radius 2 is 2.05 bits per heavy atom. The lowest BCUT2D eigenvalue weighted by molar-refractivity contribution is -0.137. The molecule has 0 aliphatic heterocycles. The van der Waals surface area contributed by atoms with Crippen molar-refractivity contribution in [1.29, 1.82) is 0 Å². The Labute approximate surface area is 117 Å². The molecule has 2 fully saturated rings. The third kappa shape index (κ3) is 4.60. The standard InChI is InChI=1S/C13H22N2O3S/c1-19-10-5-4-9(6-10)14-13(18)15-11(7-12(16)17)8-2-3-8/h8-11H,2-7H2,1H3,(H,16,17)(H2,14,15,18). The fourth-order valence-corrected chi connectivity index (χ4v) is 3.50. The van der Waals surface area contributed by atoms with Gasteiger partial charge in [-0.1, -0.05) is 0 Å². The molecule has 2 aliphatic rings. The van der Waals surface area contributed by atoms with E-state index in [4.69, 9.17) is 5.11 Å². The average Bonchev–Trinajstić information content (AvgIpc) is 3.09. The fraction of sp³-hybridized carbons (Fsp3) is 0.846. The number of rotatable bonds is 6. The van der Waals surface area contributed by atoms with Gasteiger partial charge in [-0.2, -0.15) is 11.8 Å². The quantitative estimate of drug-likeness (QED) is 0.696. The maximum absolute atomic E-state index is 11.9. The van der Waals surface area contributed by atoms with Crippen LogP contribution in [0, 0.1) is 5.92 Å². The molecule has 108 valence electrons. The van der Waals surface area contributed by atoms with Crippen molar-refractivity contribution in [2.45, 2.75) is 55.9 Å². The molecular formula is C13H22N2O3S. The largest absolute Gasteiger partial charge is 0.481 e. The average molecular weight is 286 g/mol. The van der Waals surface area contributed by atoms with Gasteiger partial charge in [0.15, 0.2) is 0 Å². The number of carbonyl (C=O) groups is 2. The molecule has 0 aromatic rings. The summed E-state index contributed by atoms with van der Waals surface area (Å²) in [7, 11) is 0. The third-order valence-corrected chi connectivity index (χ3v) is 5.05. The first kappa shape index (κ1) is 14.5. The summed E-state index contributed by atoms with van der Waals surface area (Å²) in [4.78, 5) is 22.7. The van der Waals surface area contributed by atoms with Crippen LogP contribution in [0.1, 0.15) is 38.5 Å². The number of carbonyl (C=O) groups excluding carboxylic acids is 1. The van der Waals surface area contributed by atoms with Gasteiger partial charge < -0.3 is 15.7 Å². The minimum absolute atomic E-state index is 0.0240. The van der Waals surface area contributed by atoms with Gasteiger partial charge in [-0.05, 0) is 44.3 Å². The lowest BCUT2D eigenvalue weighted by Crippen LogP contribution is -2.47. The molecule has 0 heterocycles. The summed E-state index contributed by atoms with van der Waals surface area (Å²) in [6, 6.07) is -0.178. The molecular weight excluding hydrogens is 264 g/mol. The van der Waals surface area contributed by atoms with Crippen LogP contribution in [0.15, 0.2) is 0 Å². The number of carboxylic acids is 1. The topological polar surface area (TPSA) is 78.4 Å². The van der Waals surface area contributed by atoms with Crippen molar-refractivity contribution in [3.05, 3.63) is 0 Å². The highest BCUT2D eigenvalue weighted by atomic mass is 32.2. The molecule has 6 heteroatoms. The second-order valence-electron chi connectivity index (χ2n) is 5.53. The second-order valence-corrected chi connectivity index (χ2v) is 6.67. The molecule has 0 saturated heterocycles. The Morgan fingerprint density at radius 1 is 1.32 bits per heavy atom. The first-order valence-corrected chi connectivity index (χ1v) is 8.19. The van der Waals surface area contributed by atoms with E-state index in [1.165, 1.54) is 0 Å². The Bertz CT molecular complexity index is 347. The van der Waals surface area contributed by atoms with Crippen molar-refractivity contribution in [2.75, 3.05) is 6.26 Å². The van der Waals surface area contributed by atoms with Gasteiger partial charge in [0.1, 0.15) is 0 Å². The zero-order valence-corrected chi connectivity index (χ0v) is 12.0. The van der Waals surface area contributed by atoms with Crippen molar-refractivity contribution in [2.24, 2.45) is 5.92 Å². The summed E-state index contributed by atoms with van der Waals surface area (Å²) in [5, 5.41) is 15.3. The van der Waals surface area contributed by atoms with Gasteiger partial charge >= 0.3 is 12.0 Å². The van der Waals surface area contributed by atoms with E-state index in [0.29, 0.717) is 11.2 Å². The molecule has 3 unspecified atom stereocenters. The van der Waals surface area contributed by atoms with Crippen LogP contribution in [0.5, 0.6) is 0 Å². The number of hydrogen-bond acceptors (Lipinski definition) is 3. The molecule has 2 rings (SSSR count). The maximum atomic E-state index is 11.9. The van der Waals surface area contributed by atoms with Gasteiger partial charge in [0.05, 0.1) is 6.42 Å². The smallest absolute Gasteiger partial charge is 0.315 e. The van der Waals surface area contributed by atoms with Gasteiger partial charge in [-0.25, -0.2) is 4.79 Å². The normalized spacial score (nSPS) is 27.8. The number of thioether (sulfide) groups is 1. The van der Waals surface area contributed by atoms with Crippen molar-refractivity contribution < 1.29 is 14.7 Å². The highest BCUT2D eigenvalue weighted by Crippen LogP contribution is 2.34. The molecule has 19 heavy (non-hydrogen) atoms. The van der Waals surface area contributed by atoms with Gasteiger partial charge in [0.25, 0.3) is 0 Å². The molecule has 0 spiro atoms. The number of aliphatic carboxylic acids is 1. The Kier molecular flexibility index (Phi) is 4.96. The first-order chi connectivity index (χ1) is 9.08. The molecule has 3 atom stereocenters. The molecule has 0 aromatic carbocycles. The highest BCUT2D eigenvalue weighted by Gasteiger charge is 2.34. The van der Waals surface area contributed by atoms with E-state index < -0.39 is 5.97 Å². The Balaban J connectivity index is 1.74. The van der Waals surface area contributed by atoms with Crippen molar-refractivity contribution >= 4 is 23.8 Å². The van der Waals surface area contributed by atoms with Crippen LogP contribution in [-0.4, -0.2) is 40.7 Å². The second kappa shape index (κ2) is 6.50. The van der Waals surface area contributed by atoms with Crippen molar-refractivity contribution in [3.8, 4) is 0 Å². The Morgan fingerprint density at radius 3 is 2.58 bits per heavy atom. The molecule has 0 bridgehead atoms. The number of urea groups is 1. The van der Waals surface area contributed by atoms with Crippen LogP contribution >= 0.6 is 11.8 Å². The minimum Gasteiger partial charge on any atom is -0.481 e. The summed E-state index contributed by atoms with van der Waals surface area (Å²) in [5.74, 6) is -0.495. The van der Waals surface area contributed by atoms with E-state index in [0.717, 1.165) is 32.1 Å². The Hall–Kier alpha value is -0.910. The first-order valence-electron chi connectivity index (χ1n) is 6.90. The van der Waals surface area contributed by atoms with E-state index in [1.807, 2.05) is 11.8 Å². The third-order valence-electron chi connectivity index (χ3n) is 3.96. The van der Waals surface area contributed by atoms with Crippen LogP contribution < -0.4 is 10.6 Å². The van der Waals surface area contributed by atoms with Crippen LogP contribution in [0.2, 0.25) is 0 Å². The fourth-order valence-electron chi connectivity index (χ4n) is 2.70. The monoisotopic (exact) mass is 286 g/mol. The van der Waals surface area contributed by atoms with E-state index in [-0.39, 0.29) is 24.5 Å². The number of nitrogens with one attached hydrogen (secondary N) is 2. The molecule has 5 nitrogen and oxygen atoms in total. The molecule has 3 N–H and O–H groups in total. The summed E-state index contributed by atoms with van der Waals surface area (Å²) in [5.41, 5.74) is 0. The summed E-state index contributed by atoms with van der Waals surface area (Å²) in [6.07, 6.45) is 7.35. The van der Waals surface area contributed by atoms with Crippen LogP contribution in [0.4, 0.5) is 4.79 Å². The van der Waals surface area contributed by atoms with Crippen molar-refractivity contribution in [3.63, 3.8) is 0 Å². The van der Waals surface area contributed by atoms with Gasteiger partial charge in [-0.3, -0.25) is 4.79 Å². The lowest BCUT2D eigenvalue weighted by atomic mass is 10.1. The lowest BCUT2D eigenvalue weighted by Gasteiger charge is -2.19. The summed E-state index contributed by atoms with van der Waals surface area (Å²) < 4.78 is 0. The number of carboxylic acid groups (broad SMARTS) is 1. The number of amides is 2. The number of hydrogen-bond donors (Lipinski definition) is 3. The van der Waals surface area contributed by atoms with Crippen LogP contribution in [0.3, 0.4) is 0 Å². The van der Waals surface area contributed by atoms with E-state index in [2.05, 4.69) is 16.9 Å². The van der Waals surface area contributed by atoms with Crippen LogP contribution in [-0.2, 0) is 4.79 Å². The molecule has 2 aliphatic carbocycles. The maximum Gasteiger partial charge on any atom is 0.315 e. The highest BCUT2D eigenvalue weighted by molar-refractivity contribution is 7.99. The molecule has 0 aromatic heterocycles. The summed E-state index contributed by atoms with van der Waals surface area (Å²) in [6.45, 7) is 0. The SMILES string of the molecule is CSC1CCC(NC(=O)NC(CC(=O)O)C2CC2)C1. The van der Waals surface area contributed by atoms with Crippen LogP contribution in [0.25, 0.3) is 0 Å². The van der Waals surface area contributed by atoms with Gasteiger partial charge in [0, 0.05) is 17.3 Å². The van der Waals surface area contributed by atoms with Gasteiger partial charge in [-0.15, -0.1) is 0 Å². The molecule has 2 amide bonds.